The molecule has 0 saturated carbocycles. The summed E-state index contributed by atoms with van der Waals surface area (Å²) in [6.45, 7) is 7.11. The Morgan fingerprint density at radius 2 is 2.00 bits per heavy atom. The lowest BCUT2D eigenvalue weighted by Gasteiger charge is -2.22. The Bertz CT molecular complexity index is 671. The van der Waals surface area contributed by atoms with E-state index < -0.39 is 5.97 Å². The van der Waals surface area contributed by atoms with Gasteiger partial charge in [0.05, 0.1) is 11.6 Å². The first-order chi connectivity index (χ1) is 11.9. The van der Waals surface area contributed by atoms with Crippen LogP contribution in [0.15, 0.2) is 48.1 Å². The predicted octanol–water partition coefficient (Wildman–Crippen LogP) is 4.08. The summed E-state index contributed by atoms with van der Waals surface area (Å²) in [5.74, 6) is -0.197. The van der Waals surface area contributed by atoms with Gasteiger partial charge < -0.3 is 10.0 Å². The Balaban J connectivity index is 1.96. The number of carbonyl (C=O) groups is 2. The van der Waals surface area contributed by atoms with Crippen LogP contribution in [0.4, 0.5) is 0 Å². The molecule has 1 aromatic rings. The summed E-state index contributed by atoms with van der Waals surface area (Å²) in [6.07, 6.45) is 8.49. The summed E-state index contributed by atoms with van der Waals surface area (Å²) in [5.41, 5.74) is 2.66. The van der Waals surface area contributed by atoms with Gasteiger partial charge in [0.25, 0.3) is 0 Å². The molecule has 1 atom stereocenters. The fourth-order valence-electron chi connectivity index (χ4n) is 2.84. The molecule has 0 spiro atoms. The van der Waals surface area contributed by atoms with Gasteiger partial charge in [0.15, 0.2) is 0 Å². The second kappa shape index (κ2) is 8.65. The topological polar surface area (TPSA) is 57.6 Å². The molecule has 0 aliphatic carbocycles. The first kappa shape index (κ1) is 19.0. The van der Waals surface area contributed by atoms with E-state index in [4.69, 9.17) is 5.11 Å². The van der Waals surface area contributed by atoms with Crippen molar-refractivity contribution in [2.24, 2.45) is 5.92 Å². The fourth-order valence-corrected chi connectivity index (χ4v) is 2.84. The molecule has 2 rings (SSSR count). The van der Waals surface area contributed by atoms with Crippen molar-refractivity contribution in [2.45, 2.75) is 46.1 Å². The van der Waals surface area contributed by atoms with Crippen molar-refractivity contribution in [3.8, 4) is 0 Å². The number of aromatic carboxylic acids is 1. The van der Waals surface area contributed by atoms with Crippen LogP contribution in [-0.2, 0) is 11.2 Å². The van der Waals surface area contributed by atoms with E-state index in [1.165, 1.54) is 5.57 Å². The molecular weight excluding hydrogens is 314 g/mol. The van der Waals surface area contributed by atoms with Crippen LogP contribution in [0.25, 0.3) is 0 Å². The van der Waals surface area contributed by atoms with Gasteiger partial charge in [-0.3, -0.25) is 4.79 Å². The number of hydrogen-bond donors (Lipinski definition) is 1. The van der Waals surface area contributed by atoms with E-state index in [9.17, 15) is 9.59 Å². The lowest BCUT2D eigenvalue weighted by molar-refractivity contribution is -0.128. The Kier molecular flexibility index (Phi) is 6.57. The normalized spacial score (nSPS) is 18.6. The molecule has 1 amide bonds. The minimum absolute atomic E-state index is 0.155. The molecule has 1 fully saturated rings. The lowest BCUT2D eigenvalue weighted by atomic mass is 10.0. The van der Waals surface area contributed by atoms with Gasteiger partial charge >= 0.3 is 5.97 Å². The zero-order valence-corrected chi connectivity index (χ0v) is 15.2. The number of amides is 1. The molecule has 4 nitrogen and oxygen atoms in total. The summed E-state index contributed by atoms with van der Waals surface area (Å²) in [6, 6.07) is 7.02. The van der Waals surface area contributed by atoms with Crippen LogP contribution in [-0.4, -0.2) is 34.5 Å². The molecule has 1 aromatic carbocycles. The largest absolute Gasteiger partial charge is 0.478 e. The monoisotopic (exact) mass is 341 g/mol. The Morgan fingerprint density at radius 1 is 1.32 bits per heavy atom. The van der Waals surface area contributed by atoms with Gasteiger partial charge in [-0.2, -0.15) is 0 Å². The number of nitrogens with zero attached hydrogens (tertiary/aromatic N) is 1. The smallest absolute Gasteiger partial charge is 0.335 e. The zero-order chi connectivity index (χ0) is 18.4. The molecule has 0 radical (unpaired) electrons. The van der Waals surface area contributed by atoms with Crippen molar-refractivity contribution in [1.82, 2.24) is 4.90 Å². The average molecular weight is 341 g/mol. The van der Waals surface area contributed by atoms with Gasteiger partial charge in [-0.05, 0) is 43.4 Å². The van der Waals surface area contributed by atoms with Crippen molar-refractivity contribution in [1.29, 1.82) is 0 Å². The number of carboxylic acids is 1. The first-order valence-corrected chi connectivity index (χ1v) is 8.85. The third-order valence-electron chi connectivity index (χ3n) is 4.82. The van der Waals surface area contributed by atoms with Crippen LogP contribution in [0, 0.1) is 5.92 Å². The van der Waals surface area contributed by atoms with Crippen LogP contribution in [0.3, 0.4) is 0 Å². The summed E-state index contributed by atoms with van der Waals surface area (Å²) >= 11 is 0. The van der Waals surface area contributed by atoms with Crippen molar-refractivity contribution in [3.05, 3.63) is 59.2 Å². The van der Waals surface area contributed by atoms with Crippen LogP contribution >= 0.6 is 0 Å². The van der Waals surface area contributed by atoms with Crippen molar-refractivity contribution < 1.29 is 14.7 Å². The molecule has 1 aliphatic heterocycles. The Hall–Kier alpha value is -2.36. The summed E-state index contributed by atoms with van der Waals surface area (Å²) in [4.78, 5) is 25.0. The van der Waals surface area contributed by atoms with Gasteiger partial charge in [0.1, 0.15) is 0 Å². The zero-order valence-electron chi connectivity index (χ0n) is 15.2. The number of likely N-dealkylation sites (tertiary alicyclic amines) is 1. The van der Waals surface area contributed by atoms with Crippen molar-refractivity contribution in [2.75, 3.05) is 6.54 Å². The molecule has 0 unspecified atom stereocenters. The van der Waals surface area contributed by atoms with Crippen LogP contribution < -0.4 is 0 Å². The number of carboxylic acid groups (broad SMARTS) is 1. The van der Waals surface area contributed by atoms with Crippen LogP contribution in [0.1, 0.15) is 49.5 Å². The first-order valence-electron chi connectivity index (χ1n) is 8.85. The molecule has 0 bridgehead atoms. The third-order valence-corrected chi connectivity index (χ3v) is 4.82. The van der Waals surface area contributed by atoms with E-state index in [2.05, 4.69) is 39.0 Å². The highest BCUT2D eigenvalue weighted by atomic mass is 16.4. The molecule has 1 heterocycles. The summed E-state index contributed by atoms with van der Waals surface area (Å²) in [7, 11) is 0. The molecular formula is C21H27NO3. The molecule has 4 heteroatoms. The maximum atomic E-state index is 12.2. The minimum Gasteiger partial charge on any atom is -0.478 e. The van der Waals surface area contributed by atoms with Crippen molar-refractivity contribution >= 4 is 11.9 Å². The van der Waals surface area contributed by atoms with E-state index in [1.807, 2.05) is 17.0 Å². The molecule has 0 aromatic heterocycles. The lowest BCUT2D eigenvalue weighted by Crippen LogP contribution is -2.33. The highest BCUT2D eigenvalue weighted by Crippen LogP contribution is 2.21. The Labute approximate surface area is 149 Å². The number of hydrogen-bond acceptors (Lipinski definition) is 2. The van der Waals surface area contributed by atoms with Gasteiger partial charge in [-0.1, -0.05) is 49.8 Å². The van der Waals surface area contributed by atoms with E-state index >= 15 is 0 Å². The maximum Gasteiger partial charge on any atom is 0.335 e. The van der Waals surface area contributed by atoms with Crippen LogP contribution in [0.2, 0.25) is 0 Å². The summed E-state index contributed by atoms with van der Waals surface area (Å²) < 4.78 is 0. The molecule has 1 saturated heterocycles. The molecule has 1 aliphatic rings. The van der Waals surface area contributed by atoms with Crippen LogP contribution in [0.5, 0.6) is 0 Å². The van der Waals surface area contributed by atoms with Gasteiger partial charge in [-0.25, -0.2) is 4.79 Å². The number of allylic oxidation sites excluding steroid dienone is 3. The van der Waals surface area contributed by atoms with E-state index in [0.717, 1.165) is 18.4 Å². The maximum absolute atomic E-state index is 12.2. The van der Waals surface area contributed by atoms with Gasteiger partial charge in [0, 0.05) is 13.0 Å². The van der Waals surface area contributed by atoms with Gasteiger partial charge in [-0.15, -0.1) is 0 Å². The quantitative estimate of drug-likeness (QED) is 0.760. The predicted molar refractivity (Wildman–Crippen MR) is 99.6 cm³/mol. The molecule has 25 heavy (non-hydrogen) atoms. The second-order valence-corrected chi connectivity index (χ2v) is 6.90. The second-order valence-electron chi connectivity index (χ2n) is 6.90. The molecule has 134 valence electrons. The average Bonchev–Trinajstić information content (AvgIpc) is 2.93. The van der Waals surface area contributed by atoms with E-state index in [-0.39, 0.29) is 17.5 Å². The standard InChI is InChI=1S/C21H27NO3/c1-15(2)16(3)5-4-6-19-11-12-20(23)22(19)14-13-17-7-9-18(10-8-17)21(24)25/h4-10,15,19H,11-14H2,1-3H3,(H,24,25)/t19-/m0/s1. The van der Waals surface area contributed by atoms with Crippen molar-refractivity contribution in [3.63, 3.8) is 0 Å². The number of carbonyl (C=O) groups excluding carboxylic acids is 1. The fraction of sp³-hybridized carbons (Fsp3) is 0.429. The highest BCUT2D eigenvalue weighted by molar-refractivity contribution is 5.87. The minimum atomic E-state index is -0.920. The highest BCUT2D eigenvalue weighted by Gasteiger charge is 2.28. The summed E-state index contributed by atoms with van der Waals surface area (Å²) in [5, 5.41) is 8.94. The SMILES string of the molecule is CC(=CC=C[C@H]1CCC(=O)N1CCc1ccc(C(=O)O)cc1)C(C)C. The number of benzene rings is 1. The number of rotatable bonds is 7. The van der Waals surface area contributed by atoms with E-state index in [0.29, 0.717) is 18.9 Å². The Morgan fingerprint density at radius 3 is 2.60 bits per heavy atom. The molecule has 1 N–H and O–H groups in total. The third kappa shape index (κ3) is 5.31. The van der Waals surface area contributed by atoms with Gasteiger partial charge in [0.2, 0.25) is 5.91 Å². The van der Waals surface area contributed by atoms with E-state index in [1.54, 1.807) is 12.1 Å².